The fourth-order valence-corrected chi connectivity index (χ4v) is 2.62. The van der Waals surface area contributed by atoms with Gasteiger partial charge in [-0.05, 0) is 13.8 Å². The number of nitrogens with zero attached hydrogens (tertiary/aromatic N) is 3. The fraction of sp³-hybridized carbons (Fsp3) is 0.714. The summed E-state index contributed by atoms with van der Waals surface area (Å²) in [5.41, 5.74) is 0.237. The van der Waals surface area contributed by atoms with E-state index in [0.29, 0.717) is 13.2 Å². The van der Waals surface area contributed by atoms with E-state index in [9.17, 15) is 4.57 Å². The molecular formula is C7H14N3O3P. The third-order valence-corrected chi connectivity index (χ3v) is 3.62. The SMILES string of the molecule is CCOP(=O)(OCC)c1ncnn1C. The van der Waals surface area contributed by atoms with Crippen LogP contribution in [-0.2, 0) is 20.7 Å². The third-order valence-electron chi connectivity index (χ3n) is 1.53. The van der Waals surface area contributed by atoms with Crippen LogP contribution in [0.5, 0.6) is 0 Å². The summed E-state index contributed by atoms with van der Waals surface area (Å²) in [6.07, 6.45) is 1.32. The Morgan fingerprint density at radius 3 is 2.36 bits per heavy atom. The van der Waals surface area contributed by atoms with Gasteiger partial charge in [0.2, 0.25) is 5.57 Å². The summed E-state index contributed by atoms with van der Waals surface area (Å²) in [4.78, 5) is 3.86. The van der Waals surface area contributed by atoms with E-state index in [4.69, 9.17) is 9.05 Å². The first-order valence-corrected chi connectivity index (χ1v) is 5.92. The van der Waals surface area contributed by atoms with Gasteiger partial charge in [-0.2, -0.15) is 5.10 Å². The van der Waals surface area contributed by atoms with Crippen molar-refractivity contribution in [1.29, 1.82) is 0 Å². The number of hydrogen-bond acceptors (Lipinski definition) is 5. The van der Waals surface area contributed by atoms with E-state index in [1.54, 1.807) is 20.9 Å². The molecule has 0 bridgehead atoms. The number of aryl methyl sites for hydroxylation is 1. The normalized spacial score (nSPS) is 11.9. The summed E-state index contributed by atoms with van der Waals surface area (Å²) in [5, 5.41) is 3.82. The first-order chi connectivity index (χ1) is 6.64. The van der Waals surface area contributed by atoms with Crippen LogP contribution < -0.4 is 5.57 Å². The molecule has 0 spiro atoms. The van der Waals surface area contributed by atoms with Gasteiger partial charge in [-0.25, -0.2) is 9.67 Å². The maximum absolute atomic E-state index is 12.1. The predicted molar refractivity (Wildman–Crippen MR) is 51.5 cm³/mol. The van der Waals surface area contributed by atoms with Gasteiger partial charge in [0.15, 0.2) is 0 Å². The van der Waals surface area contributed by atoms with Crippen LogP contribution in [0.1, 0.15) is 13.8 Å². The molecule has 1 aromatic heterocycles. The van der Waals surface area contributed by atoms with E-state index in [0.717, 1.165) is 0 Å². The van der Waals surface area contributed by atoms with Crippen LogP contribution >= 0.6 is 7.60 Å². The molecule has 0 N–H and O–H groups in total. The van der Waals surface area contributed by atoms with Crippen LogP contribution in [0.4, 0.5) is 0 Å². The molecule has 1 rings (SSSR count). The van der Waals surface area contributed by atoms with Crippen molar-refractivity contribution in [3.05, 3.63) is 6.33 Å². The summed E-state index contributed by atoms with van der Waals surface area (Å²) in [7, 11) is -1.63. The van der Waals surface area contributed by atoms with Crippen LogP contribution in [0, 0.1) is 0 Å². The molecule has 0 aliphatic heterocycles. The topological polar surface area (TPSA) is 66.2 Å². The molecule has 1 heterocycles. The number of hydrogen-bond donors (Lipinski definition) is 0. The van der Waals surface area contributed by atoms with Crippen LogP contribution in [0.2, 0.25) is 0 Å². The Bertz CT molecular complexity index is 329. The molecule has 0 amide bonds. The minimum atomic E-state index is -3.27. The summed E-state index contributed by atoms with van der Waals surface area (Å²) in [5.74, 6) is 0. The van der Waals surface area contributed by atoms with Gasteiger partial charge in [-0.15, -0.1) is 0 Å². The lowest BCUT2D eigenvalue weighted by Gasteiger charge is -2.14. The van der Waals surface area contributed by atoms with Crippen molar-refractivity contribution in [3.8, 4) is 0 Å². The monoisotopic (exact) mass is 219 g/mol. The molecule has 0 fully saturated rings. The Kier molecular flexibility index (Phi) is 3.80. The Balaban J connectivity index is 2.99. The zero-order chi connectivity index (χ0) is 10.6. The van der Waals surface area contributed by atoms with Crippen molar-refractivity contribution < 1.29 is 13.6 Å². The van der Waals surface area contributed by atoms with Gasteiger partial charge >= 0.3 is 7.60 Å². The predicted octanol–water partition coefficient (Wildman–Crippen LogP) is 0.706. The second-order valence-electron chi connectivity index (χ2n) is 2.52. The summed E-state index contributed by atoms with van der Waals surface area (Å²) < 4.78 is 23.7. The molecule has 6 nitrogen and oxygen atoms in total. The van der Waals surface area contributed by atoms with Crippen LogP contribution in [0.25, 0.3) is 0 Å². The largest absolute Gasteiger partial charge is 0.398 e. The van der Waals surface area contributed by atoms with E-state index in [1.807, 2.05) is 0 Å². The second-order valence-corrected chi connectivity index (χ2v) is 4.43. The highest BCUT2D eigenvalue weighted by Crippen LogP contribution is 2.45. The van der Waals surface area contributed by atoms with Crippen LogP contribution in [0.3, 0.4) is 0 Å². The van der Waals surface area contributed by atoms with E-state index < -0.39 is 7.60 Å². The van der Waals surface area contributed by atoms with Gasteiger partial charge in [0, 0.05) is 7.05 Å². The molecule has 0 aromatic carbocycles. The minimum Gasteiger partial charge on any atom is -0.303 e. The lowest BCUT2D eigenvalue weighted by atomic mass is 10.9. The van der Waals surface area contributed by atoms with Crippen LogP contribution in [0.15, 0.2) is 6.33 Å². The molecule has 7 heteroatoms. The second kappa shape index (κ2) is 4.68. The van der Waals surface area contributed by atoms with Crippen molar-refractivity contribution in [2.75, 3.05) is 13.2 Å². The van der Waals surface area contributed by atoms with E-state index in [1.165, 1.54) is 11.0 Å². The van der Waals surface area contributed by atoms with Gasteiger partial charge in [-0.3, -0.25) is 4.57 Å². The maximum atomic E-state index is 12.1. The quantitative estimate of drug-likeness (QED) is 0.682. The Morgan fingerprint density at radius 2 is 2.00 bits per heavy atom. The zero-order valence-electron chi connectivity index (χ0n) is 8.51. The molecule has 0 saturated heterocycles. The number of aromatic nitrogens is 3. The Hall–Kier alpha value is -0.710. The highest BCUT2D eigenvalue weighted by Gasteiger charge is 2.31. The maximum Gasteiger partial charge on any atom is 0.398 e. The molecule has 0 radical (unpaired) electrons. The molecule has 0 aliphatic carbocycles. The van der Waals surface area contributed by atoms with Gasteiger partial charge in [0.25, 0.3) is 0 Å². The highest BCUT2D eigenvalue weighted by molar-refractivity contribution is 7.61. The molecule has 14 heavy (non-hydrogen) atoms. The molecule has 0 unspecified atom stereocenters. The molecule has 1 aromatic rings. The molecule has 0 aliphatic rings. The molecule has 0 atom stereocenters. The fourth-order valence-electron chi connectivity index (χ4n) is 1.03. The molecular weight excluding hydrogens is 205 g/mol. The van der Waals surface area contributed by atoms with Crippen molar-refractivity contribution in [1.82, 2.24) is 14.8 Å². The average Bonchev–Trinajstić information content (AvgIpc) is 2.52. The van der Waals surface area contributed by atoms with E-state index in [2.05, 4.69) is 10.1 Å². The van der Waals surface area contributed by atoms with Gasteiger partial charge in [-0.1, -0.05) is 0 Å². The van der Waals surface area contributed by atoms with E-state index >= 15 is 0 Å². The van der Waals surface area contributed by atoms with E-state index in [-0.39, 0.29) is 5.57 Å². The summed E-state index contributed by atoms with van der Waals surface area (Å²) in [6.45, 7) is 4.12. The lowest BCUT2D eigenvalue weighted by Crippen LogP contribution is -2.21. The highest BCUT2D eigenvalue weighted by atomic mass is 31.2. The summed E-state index contributed by atoms with van der Waals surface area (Å²) in [6, 6.07) is 0. The lowest BCUT2D eigenvalue weighted by molar-refractivity contribution is 0.228. The van der Waals surface area contributed by atoms with Crippen LogP contribution in [-0.4, -0.2) is 28.0 Å². The Morgan fingerprint density at radius 1 is 1.43 bits per heavy atom. The first kappa shape index (κ1) is 11.4. The summed E-state index contributed by atoms with van der Waals surface area (Å²) >= 11 is 0. The van der Waals surface area contributed by atoms with Crippen molar-refractivity contribution >= 4 is 13.2 Å². The van der Waals surface area contributed by atoms with Crippen molar-refractivity contribution in [2.45, 2.75) is 13.8 Å². The smallest absolute Gasteiger partial charge is 0.303 e. The van der Waals surface area contributed by atoms with Crippen molar-refractivity contribution in [2.24, 2.45) is 7.05 Å². The van der Waals surface area contributed by atoms with Gasteiger partial charge < -0.3 is 9.05 Å². The Labute approximate surface area is 82.8 Å². The molecule has 80 valence electrons. The number of rotatable bonds is 5. The first-order valence-electron chi connectivity index (χ1n) is 4.37. The third kappa shape index (κ3) is 2.20. The average molecular weight is 219 g/mol. The zero-order valence-corrected chi connectivity index (χ0v) is 9.40. The standard InChI is InChI=1S/C7H14N3O3P/c1-4-12-14(11,13-5-2)7-8-6-9-10(7)3/h6H,4-5H2,1-3H3. The molecule has 0 saturated carbocycles. The van der Waals surface area contributed by atoms with Crippen molar-refractivity contribution in [3.63, 3.8) is 0 Å². The van der Waals surface area contributed by atoms with Gasteiger partial charge in [0.05, 0.1) is 13.2 Å². The van der Waals surface area contributed by atoms with Gasteiger partial charge in [0.1, 0.15) is 6.33 Å². The minimum absolute atomic E-state index is 0.237.